The fraction of sp³-hybridized carbons (Fsp3) is 0.222. The molecule has 0 aromatic carbocycles. The maximum atomic E-state index is 13.2. The average Bonchev–Trinajstić information content (AvgIpc) is 2.66. The van der Waals surface area contributed by atoms with Crippen molar-refractivity contribution in [2.75, 3.05) is 5.32 Å². The molecule has 0 atom stereocenters. The van der Waals surface area contributed by atoms with Crippen LogP contribution in [0.25, 0.3) is 0 Å². The molecule has 1 N–H and O–H groups in total. The highest BCUT2D eigenvalue weighted by atomic mass is 35.5. The predicted molar refractivity (Wildman–Crippen MR) is 57.5 cm³/mol. The van der Waals surface area contributed by atoms with Crippen LogP contribution in [-0.4, -0.2) is 19.7 Å². The first-order valence-corrected chi connectivity index (χ1v) is 4.93. The molecular weight excluding hydrogens is 233 g/mol. The summed E-state index contributed by atoms with van der Waals surface area (Å²) in [5.41, 5.74) is 0.911. The van der Waals surface area contributed by atoms with Crippen molar-refractivity contribution in [3.63, 3.8) is 0 Å². The van der Waals surface area contributed by atoms with Crippen molar-refractivity contribution in [1.29, 1.82) is 0 Å². The van der Waals surface area contributed by atoms with Crippen molar-refractivity contribution in [1.82, 2.24) is 19.7 Å². The number of anilines is 1. The lowest BCUT2D eigenvalue weighted by atomic mass is 10.4. The molecule has 5 nitrogen and oxygen atoms in total. The van der Waals surface area contributed by atoms with E-state index in [0.717, 1.165) is 11.9 Å². The number of halogens is 2. The monoisotopic (exact) mass is 241 g/mol. The number of hydrogen-bond acceptors (Lipinski definition) is 4. The Morgan fingerprint density at radius 2 is 2.38 bits per heavy atom. The average molecular weight is 242 g/mol. The zero-order valence-corrected chi connectivity index (χ0v) is 9.24. The van der Waals surface area contributed by atoms with Gasteiger partial charge in [0.1, 0.15) is 0 Å². The highest BCUT2D eigenvalue weighted by Crippen LogP contribution is 2.12. The van der Waals surface area contributed by atoms with E-state index < -0.39 is 5.82 Å². The van der Waals surface area contributed by atoms with Crippen molar-refractivity contribution in [3.8, 4) is 0 Å². The van der Waals surface area contributed by atoms with Gasteiger partial charge in [-0.1, -0.05) is 0 Å². The van der Waals surface area contributed by atoms with Gasteiger partial charge in [-0.25, -0.2) is 9.37 Å². The summed E-state index contributed by atoms with van der Waals surface area (Å²) in [6.45, 7) is 0.417. The minimum atomic E-state index is -0.536. The van der Waals surface area contributed by atoms with Crippen LogP contribution in [0.3, 0.4) is 0 Å². The van der Waals surface area contributed by atoms with Gasteiger partial charge in [-0.05, 0) is 17.7 Å². The predicted octanol–water partition coefficient (Wildman–Crippen LogP) is 1.61. The van der Waals surface area contributed by atoms with Crippen molar-refractivity contribution in [2.45, 2.75) is 6.54 Å². The Labute approximate surface area is 96.3 Å². The molecule has 0 saturated heterocycles. The first-order chi connectivity index (χ1) is 7.66. The number of rotatable bonds is 3. The van der Waals surface area contributed by atoms with E-state index in [9.17, 15) is 4.39 Å². The molecule has 0 unspecified atom stereocenters. The number of nitrogens with one attached hydrogen (secondary N) is 1. The largest absolute Gasteiger partial charge is 0.362 e. The van der Waals surface area contributed by atoms with Gasteiger partial charge in [-0.2, -0.15) is 10.1 Å². The fourth-order valence-corrected chi connectivity index (χ4v) is 1.35. The van der Waals surface area contributed by atoms with Crippen molar-refractivity contribution in [2.24, 2.45) is 7.05 Å². The van der Waals surface area contributed by atoms with Crippen LogP contribution in [-0.2, 0) is 13.6 Å². The van der Waals surface area contributed by atoms with Crippen LogP contribution in [0.15, 0.2) is 18.5 Å². The van der Waals surface area contributed by atoms with Gasteiger partial charge in [0.2, 0.25) is 5.28 Å². The molecular formula is C9H9ClFN5. The molecule has 2 aromatic rings. The maximum Gasteiger partial charge on any atom is 0.224 e. The molecule has 84 valence electrons. The Kier molecular flexibility index (Phi) is 3.00. The van der Waals surface area contributed by atoms with E-state index in [2.05, 4.69) is 20.4 Å². The molecule has 7 heteroatoms. The third kappa shape index (κ3) is 2.27. The van der Waals surface area contributed by atoms with Gasteiger partial charge < -0.3 is 5.32 Å². The third-order valence-corrected chi connectivity index (χ3v) is 2.26. The van der Waals surface area contributed by atoms with E-state index in [4.69, 9.17) is 11.6 Å². The highest BCUT2D eigenvalue weighted by molar-refractivity contribution is 6.28. The Morgan fingerprint density at radius 3 is 3.06 bits per heavy atom. The number of hydrogen-bond donors (Lipinski definition) is 1. The first kappa shape index (κ1) is 10.8. The maximum absolute atomic E-state index is 13.2. The SMILES string of the molecule is Cn1nccc1CNc1nc(Cl)ncc1F. The van der Waals surface area contributed by atoms with Crippen molar-refractivity contribution in [3.05, 3.63) is 35.3 Å². The summed E-state index contributed by atoms with van der Waals surface area (Å²) in [4.78, 5) is 7.26. The molecule has 2 rings (SSSR count). The molecule has 0 saturated carbocycles. The minimum Gasteiger partial charge on any atom is -0.362 e. The van der Waals surface area contributed by atoms with Crippen LogP contribution in [0.5, 0.6) is 0 Å². The second-order valence-corrected chi connectivity index (χ2v) is 3.47. The van der Waals surface area contributed by atoms with Gasteiger partial charge in [-0.15, -0.1) is 0 Å². The van der Waals surface area contributed by atoms with Crippen molar-refractivity contribution < 1.29 is 4.39 Å². The number of nitrogens with zero attached hydrogens (tertiary/aromatic N) is 4. The van der Waals surface area contributed by atoms with Crippen LogP contribution < -0.4 is 5.32 Å². The smallest absolute Gasteiger partial charge is 0.224 e. The van der Waals surface area contributed by atoms with Crippen LogP contribution in [0.2, 0.25) is 5.28 Å². The summed E-state index contributed by atoms with van der Waals surface area (Å²) >= 11 is 5.56. The summed E-state index contributed by atoms with van der Waals surface area (Å²) in [7, 11) is 1.81. The Balaban J connectivity index is 2.10. The molecule has 0 aliphatic rings. The second-order valence-electron chi connectivity index (χ2n) is 3.14. The second kappa shape index (κ2) is 4.44. The van der Waals surface area contributed by atoms with Gasteiger partial charge in [0.15, 0.2) is 11.6 Å². The van der Waals surface area contributed by atoms with Crippen LogP contribution in [0, 0.1) is 5.82 Å². The quantitative estimate of drug-likeness (QED) is 0.830. The lowest BCUT2D eigenvalue weighted by molar-refractivity contribution is 0.615. The van der Waals surface area contributed by atoms with E-state index in [0.29, 0.717) is 6.54 Å². The number of aromatic nitrogens is 4. The number of aryl methyl sites for hydroxylation is 1. The van der Waals surface area contributed by atoms with Gasteiger partial charge in [-0.3, -0.25) is 4.68 Å². The molecule has 0 amide bonds. The molecule has 16 heavy (non-hydrogen) atoms. The van der Waals surface area contributed by atoms with Gasteiger partial charge >= 0.3 is 0 Å². The molecule has 0 aliphatic heterocycles. The molecule has 0 bridgehead atoms. The van der Waals surface area contributed by atoms with E-state index in [1.165, 1.54) is 0 Å². The van der Waals surface area contributed by atoms with Crippen LogP contribution in [0.1, 0.15) is 5.69 Å². The van der Waals surface area contributed by atoms with E-state index >= 15 is 0 Å². The fourth-order valence-electron chi connectivity index (χ4n) is 1.22. The molecule has 0 spiro atoms. The van der Waals surface area contributed by atoms with Crippen LogP contribution in [0.4, 0.5) is 10.2 Å². The Morgan fingerprint density at radius 1 is 1.56 bits per heavy atom. The van der Waals surface area contributed by atoms with E-state index in [-0.39, 0.29) is 11.1 Å². The Bertz CT molecular complexity index is 498. The summed E-state index contributed by atoms with van der Waals surface area (Å²) in [5.74, 6) is -0.451. The Hall–Kier alpha value is -1.69. The molecule has 2 heterocycles. The molecule has 0 aliphatic carbocycles. The van der Waals surface area contributed by atoms with Gasteiger partial charge in [0.05, 0.1) is 18.4 Å². The molecule has 0 fully saturated rings. The van der Waals surface area contributed by atoms with E-state index in [1.807, 2.05) is 6.07 Å². The normalized spacial score (nSPS) is 10.4. The lowest BCUT2D eigenvalue weighted by Crippen LogP contribution is -2.08. The highest BCUT2D eigenvalue weighted by Gasteiger charge is 2.06. The third-order valence-electron chi connectivity index (χ3n) is 2.07. The zero-order chi connectivity index (χ0) is 11.5. The summed E-state index contributed by atoms with van der Waals surface area (Å²) in [5, 5.41) is 6.83. The standard InChI is InChI=1S/C9H9ClFN5/c1-16-6(2-3-14-16)4-12-8-7(11)5-13-9(10)15-8/h2-3,5H,4H2,1H3,(H,12,13,15). The zero-order valence-electron chi connectivity index (χ0n) is 8.48. The topological polar surface area (TPSA) is 55.6 Å². The summed E-state index contributed by atoms with van der Waals surface area (Å²) in [6.07, 6.45) is 2.70. The summed E-state index contributed by atoms with van der Waals surface area (Å²) < 4.78 is 14.9. The summed E-state index contributed by atoms with van der Waals surface area (Å²) in [6, 6.07) is 1.83. The first-order valence-electron chi connectivity index (χ1n) is 4.55. The lowest BCUT2D eigenvalue weighted by Gasteiger charge is -2.06. The molecule has 2 aromatic heterocycles. The van der Waals surface area contributed by atoms with Crippen molar-refractivity contribution >= 4 is 17.4 Å². The van der Waals surface area contributed by atoms with Gasteiger partial charge in [0.25, 0.3) is 0 Å². The van der Waals surface area contributed by atoms with E-state index in [1.54, 1.807) is 17.9 Å². The van der Waals surface area contributed by atoms with Crippen LogP contribution >= 0.6 is 11.6 Å². The molecule has 0 radical (unpaired) electrons. The van der Waals surface area contributed by atoms with Gasteiger partial charge in [0, 0.05) is 13.2 Å². The minimum absolute atomic E-state index is 0.00825.